The Labute approximate surface area is 162 Å². The van der Waals surface area contributed by atoms with Gasteiger partial charge in [-0.25, -0.2) is 0 Å². The SMILES string of the molecule is Nc1nc(N2CCc3ccccc3C2)[nH]c(=O)c1C(=S)Nc1ccccc1. The molecule has 27 heavy (non-hydrogen) atoms. The number of para-hydroxylation sites is 1. The molecule has 2 aromatic carbocycles. The standard InChI is InChI=1S/C20H19N5OS/c21-17-16(19(27)22-15-8-2-1-3-9-15)18(26)24-20(23-17)25-11-10-13-6-4-5-7-14(13)12-25/h1-9H,10-12H2,(H,22,27)(H3,21,23,24,26). The minimum absolute atomic E-state index is 0.126. The van der Waals surface area contributed by atoms with Crippen LogP contribution in [0.5, 0.6) is 0 Å². The van der Waals surface area contributed by atoms with Gasteiger partial charge < -0.3 is 16.0 Å². The number of benzene rings is 2. The third kappa shape index (κ3) is 3.54. The monoisotopic (exact) mass is 377 g/mol. The topological polar surface area (TPSA) is 87.0 Å². The lowest BCUT2D eigenvalue weighted by Crippen LogP contribution is -2.35. The van der Waals surface area contributed by atoms with Crippen LogP contribution < -0.4 is 21.5 Å². The number of hydrogen-bond donors (Lipinski definition) is 3. The summed E-state index contributed by atoms with van der Waals surface area (Å²) in [4.78, 5) is 22.2. The van der Waals surface area contributed by atoms with Gasteiger partial charge in [-0.05, 0) is 29.7 Å². The van der Waals surface area contributed by atoms with Crippen LogP contribution in [0, 0.1) is 0 Å². The van der Waals surface area contributed by atoms with Crippen molar-refractivity contribution < 1.29 is 0 Å². The van der Waals surface area contributed by atoms with E-state index in [1.54, 1.807) is 0 Å². The number of fused-ring (bicyclic) bond motifs is 1. The molecule has 0 atom stereocenters. The second-order valence-electron chi connectivity index (χ2n) is 6.41. The van der Waals surface area contributed by atoms with E-state index in [9.17, 15) is 4.79 Å². The lowest BCUT2D eigenvalue weighted by molar-refractivity contribution is 0.706. The zero-order valence-electron chi connectivity index (χ0n) is 14.6. The molecule has 2 heterocycles. The number of nitrogen functional groups attached to an aromatic ring is 1. The van der Waals surface area contributed by atoms with E-state index < -0.39 is 0 Å². The van der Waals surface area contributed by atoms with Gasteiger partial charge in [0.2, 0.25) is 5.95 Å². The molecule has 0 unspecified atom stereocenters. The summed E-state index contributed by atoms with van der Waals surface area (Å²) < 4.78 is 0. The van der Waals surface area contributed by atoms with Crippen LogP contribution in [0.25, 0.3) is 0 Å². The molecule has 0 saturated carbocycles. The molecule has 1 aromatic heterocycles. The van der Waals surface area contributed by atoms with Crippen LogP contribution >= 0.6 is 12.2 Å². The highest BCUT2D eigenvalue weighted by atomic mass is 32.1. The quantitative estimate of drug-likeness (QED) is 0.609. The van der Waals surface area contributed by atoms with Crippen molar-refractivity contribution in [1.82, 2.24) is 9.97 Å². The summed E-state index contributed by atoms with van der Waals surface area (Å²) in [7, 11) is 0. The molecule has 0 amide bonds. The highest BCUT2D eigenvalue weighted by Gasteiger charge is 2.21. The molecular formula is C20H19N5OS. The number of anilines is 3. The van der Waals surface area contributed by atoms with Crippen LogP contribution in [-0.2, 0) is 13.0 Å². The van der Waals surface area contributed by atoms with E-state index in [-0.39, 0.29) is 21.9 Å². The third-order valence-corrected chi connectivity index (χ3v) is 4.93. The van der Waals surface area contributed by atoms with E-state index in [0.717, 1.165) is 18.7 Å². The maximum absolute atomic E-state index is 12.7. The van der Waals surface area contributed by atoms with Crippen LogP contribution in [0.1, 0.15) is 16.7 Å². The fraction of sp³-hybridized carbons (Fsp3) is 0.150. The summed E-state index contributed by atoms with van der Waals surface area (Å²) in [5, 5.41) is 3.03. The number of rotatable bonds is 3. The number of thiocarbonyl (C=S) groups is 1. The summed E-state index contributed by atoms with van der Waals surface area (Å²) in [6, 6.07) is 17.7. The zero-order valence-corrected chi connectivity index (χ0v) is 15.4. The number of aromatic amines is 1. The number of hydrogen-bond acceptors (Lipinski definition) is 5. The Hall–Kier alpha value is -3.19. The smallest absolute Gasteiger partial charge is 0.264 e. The van der Waals surface area contributed by atoms with Gasteiger partial charge in [-0.15, -0.1) is 0 Å². The predicted octanol–water partition coefficient (Wildman–Crippen LogP) is 2.70. The number of aromatic nitrogens is 2. The van der Waals surface area contributed by atoms with Crippen molar-refractivity contribution in [2.45, 2.75) is 13.0 Å². The molecule has 3 aromatic rings. The first kappa shape index (κ1) is 17.2. The minimum Gasteiger partial charge on any atom is -0.383 e. The molecule has 4 rings (SSSR count). The van der Waals surface area contributed by atoms with Crippen LogP contribution in [0.2, 0.25) is 0 Å². The summed E-state index contributed by atoms with van der Waals surface area (Å²) in [6.07, 6.45) is 0.898. The molecule has 0 fully saturated rings. The Bertz CT molecular complexity index is 1050. The van der Waals surface area contributed by atoms with Crippen LogP contribution in [-0.4, -0.2) is 21.5 Å². The third-order valence-electron chi connectivity index (χ3n) is 4.62. The summed E-state index contributed by atoms with van der Waals surface area (Å²) in [6.45, 7) is 1.45. The molecule has 0 radical (unpaired) electrons. The van der Waals surface area contributed by atoms with Gasteiger partial charge in [-0.2, -0.15) is 4.98 Å². The average Bonchev–Trinajstić information content (AvgIpc) is 2.68. The fourth-order valence-electron chi connectivity index (χ4n) is 3.24. The average molecular weight is 377 g/mol. The molecular weight excluding hydrogens is 358 g/mol. The maximum atomic E-state index is 12.7. The fourth-order valence-corrected chi connectivity index (χ4v) is 3.55. The first-order valence-electron chi connectivity index (χ1n) is 8.70. The van der Waals surface area contributed by atoms with E-state index in [1.165, 1.54) is 11.1 Å². The molecule has 6 nitrogen and oxygen atoms in total. The molecule has 7 heteroatoms. The zero-order chi connectivity index (χ0) is 18.8. The van der Waals surface area contributed by atoms with Gasteiger partial charge in [0.05, 0.1) is 0 Å². The summed E-state index contributed by atoms with van der Waals surface area (Å²) >= 11 is 5.36. The van der Waals surface area contributed by atoms with E-state index >= 15 is 0 Å². The number of nitrogens with two attached hydrogens (primary N) is 1. The van der Waals surface area contributed by atoms with E-state index in [0.29, 0.717) is 12.5 Å². The normalized spacial score (nSPS) is 13.1. The Kier molecular flexibility index (Phi) is 4.60. The largest absolute Gasteiger partial charge is 0.383 e. The number of nitrogens with zero attached hydrogens (tertiary/aromatic N) is 2. The van der Waals surface area contributed by atoms with E-state index in [4.69, 9.17) is 18.0 Å². The van der Waals surface area contributed by atoms with Gasteiger partial charge in [0.25, 0.3) is 5.56 Å². The van der Waals surface area contributed by atoms with Gasteiger partial charge >= 0.3 is 0 Å². The van der Waals surface area contributed by atoms with Gasteiger partial charge in [0.15, 0.2) is 0 Å². The Morgan fingerprint density at radius 3 is 2.56 bits per heavy atom. The predicted molar refractivity (Wildman–Crippen MR) is 112 cm³/mol. The maximum Gasteiger partial charge on any atom is 0.264 e. The van der Waals surface area contributed by atoms with Crippen molar-refractivity contribution in [3.63, 3.8) is 0 Å². The molecule has 136 valence electrons. The molecule has 1 aliphatic heterocycles. The highest BCUT2D eigenvalue weighted by molar-refractivity contribution is 7.81. The molecule has 1 aliphatic rings. The summed E-state index contributed by atoms with van der Waals surface area (Å²) in [5.41, 5.74) is 9.29. The van der Waals surface area contributed by atoms with Crippen LogP contribution in [0.15, 0.2) is 59.4 Å². The Balaban J connectivity index is 1.59. The van der Waals surface area contributed by atoms with Crippen molar-refractivity contribution >= 4 is 34.7 Å². The first-order valence-corrected chi connectivity index (χ1v) is 9.10. The molecule has 0 spiro atoms. The molecule has 0 saturated heterocycles. The van der Waals surface area contributed by atoms with Crippen molar-refractivity contribution in [3.8, 4) is 0 Å². The van der Waals surface area contributed by atoms with Crippen molar-refractivity contribution in [1.29, 1.82) is 0 Å². The van der Waals surface area contributed by atoms with Crippen LogP contribution in [0.3, 0.4) is 0 Å². The second-order valence-corrected chi connectivity index (χ2v) is 6.82. The summed E-state index contributed by atoms with van der Waals surface area (Å²) in [5.74, 6) is 0.597. The highest BCUT2D eigenvalue weighted by Crippen LogP contribution is 2.22. The van der Waals surface area contributed by atoms with Gasteiger partial charge in [0.1, 0.15) is 16.4 Å². The van der Waals surface area contributed by atoms with Crippen molar-refractivity contribution in [2.75, 3.05) is 22.5 Å². The molecule has 0 bridgehead atoms. The second kappa shape index (κ2) is 7.20. The van der Waals surface area contributed by atoms with Gasteiger partial charge in [-0.1, -0.05) is 54.7 Å². The Morgan fingerprint density at radius 1 is 1.11 bits per heavy atom. The number of H-pyrrole nitrogens is 1. The molecule has 4 N–H and O–H groups in total. The Morgan fingerprint density at radius 2 is 1.81 bits per heavy atom. The van der Waals surface area contributed by atoms with Crippen molar-refractivity contribution in [3.05, 3.63) is 81.6 Å². The first-order chi connectivity index (χ1) is 13.1. The van der Waals surface area contributed by atoms with E-state index in [1.807, 2.05) is 47.4 Å². The lowest BCUT2D eigenvalue weighted by Gasteiger charge is -2.29. The molecule has 0 aliphatic carbocycles. The minimum atomic E-state index is -0.343. The van der Waals surface area contributed by atoms with Crippen molar-refractivity contribution in [2.24, 2.45) is 0 Å². The van der Waals surface area contributed by atoms with Crippen LogP contribution in [0.4, 0.5) is 17.5 Å². The van der Waals surface area contributed by atoms with E-state index in [2.05, 4.69) is 27.4 Å². The number of nitrogens with one attached hydrogen (secondary N) is 2. The van der Waals surface area contributed by atoms with Gasteiger partial charge in [0, 0.05) is 18.8 Å². The van der Waals surface area contributed by atoms with Gasteiger partial charge in [-0.3, -0.25) is 9.78 Å². The lowest BCUT2D eigenvalue weighted by atomic mass is 10.0.